The van der Waals surface area contributed by atoms with Crippen molar-refractivity contribution in [1.29, 1.82) is 0 Å². The van der Waals surface area contributed by atoms with Gasteiger partial charge in [-0.3, -0.25) is 14.8 Å². The van der Waals surface area contributed by atoms with E-state index < -0.39 is 29.5 Å². The van der Waals surface area contributed by atoms with Crippen molar-refractivity contribution in [3.63, 3.8) is 0 Å². The molecule has 3 N–H and O–H groups in total. The van der Waals surface area contributed by atoms with Crippen LogP contribution >= 0.6 is 0 Å². The third-order valence-electron chi connectivity index (χ3n) is 5.31. The predicted octanol–water partition coefficient (Wildman–Crippen LogP) is 3.57. The molecule has 10 heteroatoms. The normalized spacial score (nSPS) is 11.9. The summed E-state index contributed by atoms with van der Waals surface area (Å²) >= 11 is 0. The number of hydroxylamine groups is 1. The maximum atomic E-state index is 13.3. The van der Waals surface area contributed by atoms with Gasteiger partial charge in [0.2, 0.25) is 11.8 Å². The number of amides is 2. The average molecular weight is 465 g/mol. The second-order valence-electron chi connectivity index (χ2n) is 7.82. The van der Waals surface area contributed by atoms with Gasteiger partial charge in [-0.25, -0.2) is 18.9 Å². The molecule has 1 aromatic heterocycles. The number of nitrogens with one attached hydrogen (secondary N) is 2. The van der Waals surface area contributed by atoms with Crippen molar-refractivity contribution in [2.45, 2.75) is 25.3 Å². The van der Waals surface area contributed by atoms with E-state index in [4.69, 9.17) is 5.21 Å². The lowest BCUT2D eigenvalue weighted by Gasteiger charge is -2.16. The Kier molecular flexibility index (Phi) is 6.88. The molecular weight excluding hydrogens is 444 g/mol. The van der Waals surface area contributed by atoms with Gasteiger partial charge < -0.3 is 5.32 Å². The Morgan fingerprint density at radius 2 is 1.76 bits per heavy atom. The maximum absolute atomic E-state index is 13.3. The smallest absolute Gasteiger partial charge is 0.245 e. The van der Waals surface area contributed by atoms with Crippen LogP contribution in [0, 0.1) is 11.6 Å². The van der Waals surface area contributed by atoms with Crippen molar-refractivity contribution in [3.05, 3.63) is 89.8 Å². The van der Waals surface area contributed by atoms with E-state index in [1.54, 1.807) is 11.7 Å². The molecule has 0 saturated heterocycles. The average Bonchev–Trinajstić information content (AvgIpc) is 3.29. The molecule has 0 saturated carbocycles. The van der Waals surface area contributed by atoms with Gasteiger partial charge in [-0.2, -0.15) is 0 Å². The summed E-state index contributed by atoms with van der Waals surface area (Å²) in [6, 6.07) is 16.5. The van der Waals surface area contributed by atoms with Gasteiger partial charge in [-0.15, -0.1) is 5.10 Å². The van der Waals surface area contributed by atoms with Gasteiger partial charge in [0.1, 0.15) is 0 Å². The molecule has 0 unspecified atom stereocenters. The lowest BCUT2D eigenvalue weighted by atomic mass is 10.00. The zero-order chi connectivity index (χ0) is 24.1. The highest BCUT2D eigenvalue weighted by Crippen LogP contribution is 2.22. The molecule has 0 spiro atoms. The lowest BCUT2D eigenvalue weighted by molar-refractivity contribution is -0.130. The summed E-state index contributed by atoms with van der Waals surface area (Å²) in [7, 11) is 0. The second kappa shape index (κ2) is 10.2. The zero-order valence-corrected chi connectivity index (χ0v) is 17.9. The zero-order valence-electron chi connectivity index (χ0n) is 17.9. The molecule has 0 aliphatic rings. The van der Waals surface area contributed by atoms with Crippen molar-refractivity contribution in [1.82, 2.24) is 20.5 Å². The van der Waals surface area contributed by atoms with Crippen LogP contribution < -0.4 is 10.8 Å². The molecule has 0 radical (unpaired) electrons. The van der Waals surface area contributed by atoms with Gasteiger partial charge in [-0.05, 0) is 34.9 Å². The quantitative estimate of drug-likeness (QED) is 0.272. The Balaban J connectivity index is 1.48. The standard InChI is InChI=1S/C24H21F2N5O3/c25-21-8-7-18(11-22(21)26)27-23(32)12-19-14-31(30-28-19)20(13-24(33)29-34)10-15-5-6-16-3-1-2-4-17(16)9-15/h1-9,11,14,20,34H,10,12-13H2,(H,27,32)(H,29,33)/t20-/m1/s1. The van der Waals surface area contributed by atoms with E-state index in [1.807, 2.05) is 42.5 Å². The third-order valence-corrected chi connectivity index (χ3v) is 5.31. The number of carbonyl (C=O) groups excluding carboxylic acids is 2. The maximum Gasteiger partial charge on any atom is 0.245 e. The SMILES string of the molecule is O=C(C[C@@H](Cc1ccc2ccccc2c1)n1cc(CC(=O)Nc2ccc(F)c(F)c2)nn1)NO. The van der Waals surface area contributed by atoms with Gasteiger partial charge in [0.25, 0.3) is 0 Å². The number of nitrogens with zero attached hydrogens (tertiary/aromatic N) is 3. The fraction of sp³-hybridized carbons (Fsp3) is 0.167. The number of rotatable bonds is 8. The number of halogens is 2. The molecule has 1 atom stereocenters. The molecule has 0 fully saturated rings. The molecule has 0 aliphatic carbocycles. The number of benzene rings is 3. The number of aromatic nitrogens is 3. The molecule has 8 nitrogen and oxygen atoms in total. The van der Waals surface area contributed by atoms with E-state index in [1.165, 1.54) is 10.7 Å². The van der Waals surface area contributed by atoms with E-state index in [0.717, 1.165) is 28.5 Å². The summed E-state index contributed by atoms with van der Waals surface area (Å²) in [6.07, 6.45) is 1.75. The lowest BCUT2D eigenvalue weighted by Crippen LogP contribution is -2.25. The minimum absolute atomic E-state index is 0.0623. The van der Waals surface area contributed by atoms with Crippen molar-refractivity contribution in [2.24, 2.45) is 0 Å². The molecule has 0 bridgehead atoms. The predicted molar refractivity (Wildman–Crippen MR) is 120 cm³/mol. The summed E-state index contributed by atoms with van der Waals surface area (Å²) in [6.45, 7) is 0. The second-order valence-corrected chi connectivity index (χ2v) is 7.82. The third kappa shape index (κ3) is 5.59. The fourth-order valence-corrected chi connectivity index (χ4v) is 3.67. The Hall–Kier alpha value is -4.18. The highest BCUT2D eigenvalue weighted by molar-refractivity contribution is 5.92. The minimum Gasteiger partial charge on any atom is -0.326 e. The number of fused-ring (bicyclic) bond motifs is 1. The van der Waals surface area contributed by atoms with Crippen LogP contribution in [0.25, 0.3) is 10.8 Å². The van der Waals surface area contributed by atoms with Crippen molar-refractivity contribution >= 4 is 28.3 Å². The topological polar surface area (TPSA) is 109 Å². The van der Waals surface area contributed by atoms with E-state index in [-0.39, 0.29) is 18.5 Å². The van der Waals surface area contributed by atoms with Crippen LogP contribution in [-0.4, -0.2) is 32.0 Å². The van der Waals surface area contributed by atoms with Gasteiger partial charge >= 0.3 is 0 Å². The molecule has 174 valence electrons. The fourth-order valence-electron chi connectivity index (χ4n) is 3.67. The Morgan fingerprint density at radius 1 is 0.971 bits per heavy atom. The van der Waals surface area contributed by atoms with Crippen LogP contribution in [0.4, 0.5) is 14.5 Å². The van der Waals surface area contributed by atoms with Crippen LogP contribution in [0.2, 0.25) is 0 Å². The van der Waals surface area contributed by atoms with Crippen molar-refractivity contribution < 1.29 is 23.6 Å². The molecule has 4 rings (SSSR count). The largest absolute Gasteiger partial charge is 0.326 e. The Morgan fingerprint density at radius 3 is 2.53 bits per heavy atom. The van der Waals surface area contributed by atoms with E-state index >= 15 is 0 Å². The highest BCUT2D eigenvalue weighted by atomic mass is 19.2. The highest BCUT2D eigenvalue weighted by Gasteiger charge is 2.19. The first-order chi connectivity index (χ1) is 16.4. The summed E-state index contributed by atoms with van der Waals surface area (Å²) in [5.74, 6) is -3.15. The summed E-state index contributed by atoms with van der Waals surface area (Å²) in [5.41, 5.74) is 3.04. The van der Waals surface area contributed by atoms with Crippen LogP contribution in [0.3, 0.4) is 0 Å². The minimum atomic E-state index is -1.07. The van der Waals surface area contributed by atoms with Crippen LogP contribution in [0.5, 0.6) is 0 Å². The number of hydrogen-bond acceptors (Lipinski definition) is 5. The van der Waals surface area contributed by atoms with E-state index in [0.29, 0.717) is 12.1 Å². The van der Waals surface area contributed by atoms with Crippen molar-refractivity contribution in [2.75, 3.05) is 5.32 Å². The molecule has 2 amide bonds. The summed E-state index contributed by atoms with van der Waals surface area (Å²) in [5, 5.41) is 21.7. The molecule has 1 heterocycles. The van der Waals surface area contributed by atoms with Gasteiger partial charge in [-0.1, -0.05) is 47.7 Å². The Labute approximate surface area is 193 Å². The molecule has 3 aromatic carbocycles. The molecular formula is C24H21F2N5O3. The van der Waals surface area contributed by atoms with Crippen LogP contribution in [-0.2, 0) is 22.4 Å². The first-order valence-electron chi connectivity index (χ1n) is 10.5. The first-order valence-corrected chi connectivity index (χ1v) is 10.5. The van der Waals surface area contributed by atoms with Gasteiger partial charge in [0, 0.05) is 18.0 Å². The number of carbonyl (C=O) groups is 2. The monoisotopic (exact) mass is 465 g/mol. The van der Waals surface area contributed by atoms with E-state index in [9.17, 15) is 18.4 Å². The molecule has 34 heavy (non-hydrogen) atoms. The summed E-state index contributed by atoms with van der Waals surface area (Å²) < 4.78 is 27.9. The molecule has 4 aromatic rings. The van der Waals surface area contributed by atoms with Gasteiger partial charge in [0.15, 0.2) is 11.6 Å². The number of hydrogen-bond donors (Lipinski definition) is 3. The van der Waals surface area contributed by atoms with Crippen molar-refractivity contribution in [3.8, 4) is 0 Å². The van der Waals surface area contributed by atoms with Crippen LogP contribution in [0.15, 0.2) is 66.9 Å². The molecule has 0 aliphatic heterocycles. The van der Waals surface area contributed by atoms with E-state index in [2.05, 4.69) is 15.6 Å². The van der Waals surface area contributed by atoms with Gasteiger partial charge in [0.05, 0.1) is 24.6 Å². The Bertz CT molecular complexity index is 1340. The summed E-state index contributed by atoms with van der Waals surface area (Å²) in [4.78, 5) is 24.2. The van der Waals surface area contributed by atoms with Crippen LogP contribution in [0.1, 0.15) is 23.7 Å². The first kappa shape index (κ1) is 23.0. The number of anilines is 1.